The Bertz CT molecular complexity index is 3070. The lowest BCUT2D eigenvalue weighted by molar-refractivity contribution is -0.649. The van der Waals surface area contributed by atoms with Gasteiger partial charge in [-0.25, -0.2) is 9.83 Å². The summed E-state index contributed by atoms with van der Waals surface area (Å²) in [6, 6.07) is 47.5. The Hall–Kier alpha value is -7.48. The SMILES string of the molecule is [C-]#[N+]c1ccc2c(c1)C1(c3cc(C#N)ccc3-2)c2ccc(Oc3ccc4c5ccccc5n(-c5ccccn5)c4c3)cc2-n2[c-][n+](C)c3cccc1c32. The molecular formula is C46H26N6O. The maximum atomic E-state index is 10.1. The molecule has 0 saturated carbocycles. The molecule has 4 heterocycles. The third-order valence-electron chi connectivity index (χ3n) is 11.0. The van der Waals surface area contributed by atoms with Crippen molar-refractivity contribution in [3.05, 3.63) is 185 Å². The van der Waals surface area contributed by atoms with Crippen LogP contribution in [0.3, 0.4) is 0 Å². The van der Waals surface area contributed by atoms with E-state index in [1.165, 1.54) is 0 Å². The number of aryl methyl sites for hydroxylation is 1. The molecule has 0 radical (unpaired) electrons. The Labute approximate surface area is 304 Å². The number of rotatable bonds is 3. The van der Waals surface area contributed by atoms with Crippen LogP contribution in [0.4, 0.5) is 5.69 Å². The first kappa shape index (κ1) is 29.3. The number of nitriles is 1. The number of hydrogen-bond acceptors (Lipinski definition) is 3. The molecule has 3 aromatic heterocycles. The second-order valence-electron chi connectivity index (χ2n) is 13.6. The molecule has 1 aliphatic heterocycles. The van der Waals surface area contributed by atoms with E-state index in [4.69, 9.17) is 16.3 Å². The summed E-state index contributed by atoms with van der Waals surface area (Å²) >= 11 is 0. The average Bonchev–Trinajstić information content (AvgIpc) is 3.82. The smallest absolute Gasteiger partial charge is 0.244 e. The zero-order chi connectivity index (χ0) is 35.4. The molecule has 7 heteroatoms. The first-order valence-electron chi connectivity index (χ1n) is 17.4. The summed E-state index contributed by atoms with van der Waals surface area (Å²) < 4.78 is 13.1. The number of imidazole rings is 1. The van der Waals surface area contributed by atoms with Crippen molar-refractivity contribution >= 4 is 38.5 Å². The second-order valence-corrected chi connectivity index (χ2v) is 13.6. The minimum atomic E-state index is -0.788. The lowest BCUT2D eigenvalue weighted by Crippen LogP contribution is -2.33. The van der Waals surface area contributed by atoms with Gasteiger partial charge in [-0.3, -0.25) is 4.57 Å². The van der Waals surface area contributed by atoms with Gasteiger partial charge in [0, 0.05) is 23.0 Å². The summed E-state index contributed by atoms with van der Waals surface area (Å²) in [5.74, 6) is 2.22. The van der Waals surface area contributed by atoms with Gasteiger partial charge in [0.2, 0.25) is 6.33 Å². The fourth-order valence-corrected chi connectivity index (χ4v) is 8.90. The highest BCUT2D eigenvalue weighted by molar-refractivity contribution is 6.09. The molecule has 0 N–H and O–H groups in total. The third kappa shape index (κ3) is 3.80. The van der Waals surface area contributed by atoms with Gasteiger partial charge in [0.15, 0.2) is 5.69 Å². The first-order chi connectivity index (χ1) is 26.1. The fourth-order valence-electron chi connectivity index (χ4n) is 8.90. The number of ether oxygens (including phenoxy) is 1. The fraction of sp³-hybridized carbons (Fsp3) is 0.0435. The van der Waals surface area contributed by atoms with Crippen LogP contribution in [-0.2, 0) is 12.5 Å². The lowest BCUT2D eigenvalue weighted by atomic mass is 9.65. The monoisotopic (exact) mass is 678 g/mol. The number of para-hydroxylation sites is 2. The number of benzene rings is 6. The van der Waals surface area contributed by atoms with Crippen LogP contribution >= 0.6 is 0 Å². The number of nitrogens with zero attached hydrogens (tertiary/aromatic N) is 6. The third-order valence-corrected chi connectivity index (χ3v) is 11.0. The summed E-state index contributed by atoms with van der Waals surface area (Å²) in [5.41, 5.74) is 11.7. The minimum absolute atomic E-state index is 0.571. The molecule has 53 heavy (non-hydrogen) atoms. The van der Waals surface area contributed by atoms with E-state index in [-0.39, 0.29) is 0 Å². The molecule has 9 aromatic rings. The Morgan fingerprint density at radius 2 is 1.55 bits per heavy atom. The van der Waals surface area contributed by atoms with E-state index in [9.17, 15) is 5.26 Å². The summed E-state index contributed by atoms with van der Waals surface area (Å²) in [5, 5.41) is 12.4. The largest absolute Gasteiger partial charge is 0.458 e. The van der Waals surface area contributed by atoms with Gasteiger partial charge in [-0.1, -0.05) is 72.8 Å². The quantitative estimate of drug-likeness (QED) is 0.138. The standard InChI is InChI=1S/C46H26N6O/c1-48-29-14-18-33-32-17-13-28(26-47)22-38(32)46(39(33)23-29)36-20-16-31(25-43(36)51-27-50(2)41-11-7-9-37(46)45(41)51)53-30-15-19-35-34-8-3-4-10-40(34)52(42(35)24-30)44-12-5-6-21-49-44/h3-25H,2H3. The Balaban J connectivity index is 1.15. The molecule has 6 aromatic carbocycles. The molecular weight excluding hydrogens is 653 g/mol. The van der Waals surface area contributed by atoms with Crippen LogP contribution in [0, 0.1) is 24.2 Å². The zero-order valence-electron chi connectivity index (χ0n) is 28.4. The van der Waals surface area contributed by atoms with Gasteiger partial charge in [-0.2, -0.15) is 5.26 Å². The molecule has 0 bridgehead atoms. The van der Waals surface area contributed by atoms with E-state index < -0.39 is 5.41 Å². The lowest BCUT2D eigenvalue weighted by Gasteiger charge is -2.40. The van der Waals surface area contributed by atoms with Gasteiger partial charge in [0.1, 0.15) is 17.3 Å². The van der Waals surface area contributed by atoms with Crippen LogP contribution in [0.25, 0.3) is 60.3 Å². The molecule has 0 saturated heterocycles. The van der Waals surface area contributed by atoms with E-state index in [0.29, 0.717) is 22.7 Å². The van der Waals surface area contributed by atoms with Crippen molar-refractivity contribution in [3.63, 3.8) is 0 Å². The van der Waals surface area contributed by atoms with Crippen LogP contribution in [-0.4, -0.2) is 14.1 Å². The molecule has 1 unspecified atom stereocenters. The molecule has 2 aliphatic rings. The summed E-state index contributed by atoms with van der Waals surface area (Å²) in [7, 11) is 2.01. The Morgan fingerprint density at radius 1 is 0.755 bits per heavy atom. The van der Waals surface area contributed by atoms with Crippen LogP contribution in [0.5, 0.6) is 11.5 Å². The van der Waals surface area contributed by atoms with Crippen LogP contribution in [0.2, 0.25) is 0 Å². The van der Waals surface area contributed by atoms with Crippen molar-refractivity contribution in [1.29, 1.82) is 5.26 Å². The van der Waals surface area contributed by atoms with E-state index >= 15 is 0 Å². The second kappa shape index (κ2) is 10.5. The van der Waals surface area contributed by atoms with Crippen LogP contribution in [0.1, 0.15) is 27.8 Å². The molecule has 0 amide bonds. The van der Waals surface area contributed by atoms with Crippen molar-refractivity contribution in [3.8, 4) is 40.2 Å². The minimum Gasteiger partial charge on any atom is -0.458 e. The maximum Gasteiger partial charge on any atom is 0.244 e. The highest BCUT2D eigenvalue weighted by atomic mass is 16.5. The number of fused-ring (bicyclic) bond motifs is 12. The Morgan fingerprint density at radius 3 is 2.40 bits per heavy atom. The molecule has 1 spiro atoms. The zero-order valence-corrected chi connectivity index (χ0v) is 28.4. The molecule has 0 fully saturated rings. The molecule has 11 rings (SSSR count). The molecule has 1 aliphatic carbocycles. The molecule has 246 valence electrons. The highest BCUT2D eigenvalue weighted by Gasteiger charge is 2.50. The Kier molecular flexibility index (Phi) is 5.81. The van der Waals surface area contributed by atoms with Gasteiger partial charge in [-0.15, -0.1) is 0 Å². The van der Waals surface area contributed by atoms with E-state index in [1.807, 2.05) is 72.4 Å². The van der Waals surface area contributed by atoms with Crippen LogP contribution < -0.4 is 9.30 Å². The molecule has 1 atom stereocenters. The predicted molar refractivity (Wildman–Crippen MR) is 204 cm³/mol. The van der Waals surface area contributed by atoms with Crippen molar-refractivity contribution in [2.75, 3.05) is 0 Å². The maximum absolute atomic E-state index is 10.1. The van der Waals surface area contributed by atoms with Crippen LogP contribution in [0.15, 0.2) is 140 Å². The number of aromatic nitrogens is 4. The van der Waals surface area contributed by atoms with Crippen molar-refractivity contribution in [1.82, 2.24) is 14.1 Å². The normalized spacial score (nSPS) is 14.9. The molecule has 7 nitrogen and oxygen atoms in total. The van der Waals surface area contributed by atoms with Crippen molar-refractivity contribution in [2.45, 2.75) is 5.41 Å². The van der Waals surface area contributed by atoms with E-state index in [2.05, 4.69) is 105 Å². The van der Waals surface area contributed by atoms with Gasteiger partial charge >= 0.3 is 0 Å². The van der Waals surface area contributed by atoms with Gasteiger partial charge in [0.05, 0.1) is 58.4 Å². The van der Waals surface area contributed by atoms with Gasteiger partial charge < -0.3 is 13.9 Å². The topological polar surface area (TPSA) is 64.0 Å². The van der Waals surface area contributed by atoms with Crippen molar-refractivity contribution < 1.29 is 9.30 Å². The number of pyridine rings is 1. The predicted octanol–water partition coefficient (Wildman–Crippen LogP) is 9.64. The highest BCUT2D eigenvalue weighted by Crippen LogP contribution is 2.61. The summed E-state index contributed by atoms with van der Waals surface area (Å²) in [4.78, 5) is 8.55. The van der Waals surface area contributed by atoms with Crippen molar-refractivity contribution in [2.24, 2.45) is 7.05 Å². The average molecular weight is 679 g/mol. The first-order valence-corrected chi connectivity index (χ1v) is 17.4. The van der Waals surface area contributed by atoms with Gasteiger partial charge in [0.25, 0.3) is 0 Å². The summed E-state index contributed by atoms with van der Waals surface area (Å²) in [6.07, 6.45) is 5.39. The van der Waals surface area contributed by atoms with E-state index in [1.54, 1.807) is 0 Å². The number of hydrogen-bond donors (Lipinski definition) is 0. The summed E-state index contributed by atoms with van der Waals surface area (Å²) in [6.45, 7) is 7.94. The van der Waals surface area contributed by atoms with Gasteiger partial charge in [-0.05, 0) is 88.0 Å². The van der Waals surface area contributed by atoms with E-state index in [0.717, 1.165) is 77.7 Å².